The standard InChI is InChI=1S/C62H82N14O19S/c1-8-28(4)50-56(88)65-22-46(81)68-41-26-96(93)59-37(36-14-13-34(77)18-38(36)71-59)20-39(53(85)64-23-47(82)73-50)69-58(90)51(74-55(87)42-19-35(78)24-76(42)61(92)40(21-44(63)79)70-54(41)86)30(6)43-25-94-62(95-43)32-9-11-33(12-10-32)67-52(84)31(7)66-57(89)49(27(2)3)72-45(80)15-16-75-48(83)17-29(5)60(75)91/h9-14,18,27-31,35,39-43,49-51,62,71,77-78H,8,15-17,19-26H2,1-7H3,(H2,63,79)(H,64,85)(H,65,88)(H,66,89)(H,67,84)(H,68,81)(H,69,90)(H,70,86)(H,72,80)(H,73,82)(H,74,87)/t28-,29?,30-,31+,35?,39?,40+,41?,42-,43-,49?,50-,51-,62?,96+/m0/s1. The summed E-state index contributed by atoms with van der Waals surface area (Å²) in [5, 5.41) is 47.3. The van der Waals surface area contributed by atoms with E-state index in [1.807, 2.05) is 0 Å². The zero-order valence-corrected chi connectivity index (χ0v) is 54.7. The monoisotopic (exact) mass is 1360 g/mol. The fourth-order valence-corrected chi connectivity index (χ4v) is 13.2. The van der Waals surface area contributed by atoms with Crippen LogP contribution in [0.1, 0.15) is 98.0 Å². The number of aromatic nitrogens is 1. The van der Waals surface area contributed by atoms with Crippen LogP contribution in [-0.2, 0) is 93.8 Å². The summed E-state index contributed by atoms with van der Waals surface area (Å²) in [6.45, 7) is 8.81. The number of phenols is 1. The lowest BCUT2D eigenvalue weighted by Gasteiger charge is -2.33. The molecular weight excluding hydrogens is 1280 g/mol. The first-order valence-corrected chi connectivity index (χ1v) is 32.9. The number of aliphatic hydroxyl groups is 1. The number of nitrogens with one attached hydrogen (secondary N) is 11. The van der Waals surface area contributed by atoms with Gasteiger partial charge in [0.2, 0.25) is 82.7 Å². The van der Waals surface area contributed by atoms with Crippen LogP contribution in [0.5, 0.6) is 5.75 Å². The van der Waals surface area contributed by atoms with Crippen molar-refractivity contribution in [1.29, 1.82) is 0 Å². The average Bonchev–Trinajstić information content (AvgIpc) is 1.63. The number of carbonyl (C=O) groups excluding carboxylic acids is 14. The maximum Gasteiger partial charge on any atom is 0.246 e. The number of carbonyl (C=O) groups is 14. The molecule has 3 saturated heterocycles. The van der Waals surface area contributed by atoms with E-state index in [9.17, 15) is 76.8 Å². The molecule has 34 heteroatoms. The summed E-state index contributed by atoms with van der Waals surface area (Å²) < 4.78 is 27.4. The van der Waals surface area contributed by atoms with Gasteiger partial charge in [0.25, 0.3) is 0 Å². The smallest absolute Gasteiger partial charge is 0.246 e. The molecule has 0 aliphatic carbocycles. The third-order valence-corrected chi connectivity index (χ3v) is 19.0. The number of nitrogens with zero attached hydrogens (tertiary/aromatic N) is 2. The van der Waals surface area contributed by atoms with Gasteiger partial charge < -0.3 is 88.5 Å². The van der Waals surface area contributed by atoms with Gasteiger partial charge in [-0.15, -0.1) is 0 Å². The largest absolute Gasteiger partial charge is 0.508 e. The lowest BCUT2D eigenvalue weighted by molar-refractivity contribution is -0.144. The van der Waals surface area contributed by atoms with Gasteiger partial charge in [-0.25, -0.2) is 0 Å². The van der Waals surface area contributed by atoms with Crippen molar-refractivity contribution in [1.82, 2.24) is 62.6 Å². The molecular formula is C62H82N14O19S. The fraction of sp³-hybridized carbons (Fsp3) is 0.548. The van der Waals surface area contributed by atoms with Crippen molar-refractivity contribution in [2.75, 3.05) is 43.9 Å². The highest BCUT2D eigenvalue weighted by Gasteiger charge is 2.47. The van der Waals surface area contributed by atoms with E-state index >= 15 is 4.79 Å². The van der Waals surface area contributed by atoms with Crippen LogP contribution in [0.4, 0.5) is 5.69 Å². The number of benzene rings is 2. The number of hydrogen-bond acceptors (Lipinski definition) is 19. The fourth-order valence-electron chi connectivity index (χ4n) is 11.8. The molecule has 6 heterocycles. The van der Waals surface area contributed by atoms with Crippen molar-refractivity contribution in [2.45, 2.75) is 159 Å². The van der Waals surface area contributed by atoms with Crippen LogP contribution >= 0.6 is 0 Å². The summed E-state index contributed by atoms with van der Waals surface area (Å²) >= 11 is 0. The first-order chi connectivity index (χ1) is 45.4. The Kier molecular flexibility index (Phi) is 23.7. The first-order valence-electron chi connectivity index (χ1n) is 31.6. The summed E-state index contributed by atoms with van der Waals surface area (Å²) in [5.41, 5.74) is 6.51. The number of rotatable bonds is 16. The number of imide groups is 1. The number of hydrogen-bond donors (Lipinski definition) is 14. The highest BCUT2D eigenvalue weighted by atomic mass is 32.2. The van der Waals surface area contributed by atoms with Gasteiger partial charge in [-0.3, -0.25) is 76.2 Å². The first kappa shape index (κ1) is 72.4. The number of likely N-dealkylation sites (tertiary alicyclic amines) is 1. The van der Waals surface area contributed by atoms with Gasteiger partial charge in [0.05, 0.1) is 60.4 Å². The Hall–Kier alpha value is -9.41. The number of ether oxygens (including phenoxy) is 2. The number of primary amides is 1. The topological polar surface area (TPSA) is 484 Å². The minimum atomic E-state index is -2.44. The number of H-pyrrole nitrogens is 1. The van der Waals surface area contributed by atoms with Crippen molar-refractivity contribution in [3.63, 3.8) is 0 Å². The Morgan fingerprint density at radius 1 is 0.771 bits per heavy atom. The number of aromatic hydroxyl groups is 1. The molecule has 14 amide bonds. The van der Waals surface area contributed by atoms with Crippen molar-refractivity contribution >= 4 is 110 Å². The molecule has 15 atom stereocenters. The highest BCUT2D eigenvalue weighted by molar-refractivity contribution is 7.85. The quantitative estimate of drug-likeness (QED) is 0.0612. The summed E-state index contributed by atoms with van der Waals surface area (Å²) in [4.78, 5) is 197. The molecule has 6 unspecified atom stereocenters. The van der Waals surface area contributed by atoms with E-state index in [1.54, 1.807) is 46.8 Å². The number of amides is 14. The molecule has 5 aliphatic heterocycles. The zero-order valence-electron chi connectivity index (χ0n) is 53.9. The van der Waals surface area contributed by atoms with Crippen molar-refractivity contribution in [2.24, 2.45) is 29.4 Å². The predicted octanol–water partition coefficient (Wildman–Crippen LogP) is -3.79. The normalized spacial score (nSPS) is 27.2. The van der Waals surface area contributed by atoms with E-state index in [2.05, 4.69) is 58.2 Å². The van der Waals surface area contributed by atoms with Gasteiger partial charge in [-0.05, 0) is 48.6 Å². The molecule has 1 aromatic heterocycles. The molecule has 15 N–H and O–H groups in total. The molecule has 3 fully saturated rings. The van der Waals surface area contributed by atoms with E-state index in [0.717, 1.165) is 9.80 Å². The Bertz CT molecular complexity index is 3590. The SMILES string of the molecule is CC[C@H](C)[C@@H]1NC(=O)CNC(=O)C2Cc3c([nH]c4cc(O)ccc34)[S@](=O)CC(NC(=O)CNC1=O)C(=O)N[C@H](CC(N)=O)C(=O)N1CC(O)C[C@H]1C(=O)N[C@@H]([C@@H](C)[C@@H]1COC(c3ccc(NC(=O)[C@@H](C)NC(=O)C(NC(=O)CCN4C(=O)CC(C)C4=O)C(C)C)cc3)O1)C(=O)N2. The Morgan fingerprint density at radius 2 is 1.46 bits per heavy atom. The molecule has 8 rings (SSSR count). The second-order valence-corrected chi connectivity index (χ2v) is 26.5. The summed E-state index contributed by atoms with van der Waals surface area (Å²) in [6, 6.07) is -2.20. The zero-order chi connectivity index (χ0) is 70.1. The number of aromatic amines is 1. The minimum Gasteiger partial charge on any atom is -0.508 e. The Morgan fingerprint density at radius 3 is 2.11 bits per heavy atom. The van der Waals surface area contributed by atoms with Crippen LogP contribution in [0.25, 0.3) is 10.9 Å². The van der Waals surface area contributed by atoms with Crippen LogP contribution in [0, 0.1) is 23.7 Å². The second-order valence-electron chi connectivity index (χ2n) is 25.1. The minimum absolute atomic E-state index is 0.0499. The van der Waals surface area contributed by atoms with E-state index in [-0.39, 0.29) is 70.7 Å². The molecule has 33 nitrogen and oxygen atoms in total. The number of fused-ring (bicyclic) bond motifs is 5. The molecule has 3 aromatic rings. The van der Waals surface area contributed by atoms with E-state index in [1.165, 1.54) is 44.2 Å². The van der Waals surface area contributed by atoms with Crippen molar-refractivity contribution in [3.05, 3.63) is 53.6 Å². The lowest BCUT2D eigenvalue weighted by Crippen LogP contribution is -2.62. The molecule has 0 spiro atoms. The van der Waals surface area contributed by atoms with E-state index in [4.69, 9.17) is 15.2 Å². The maximum absolute atomic E-state index is 15.3. The second kappa shape index (κ2) is 31.4. The summed E-state index contributed by atoms with van der Waals surface area (Å²) in [6.07, 6.45) is -5.33. The highest BCUT2D eigenvalue weighted by Crippen LogP contribution is 2.34. The molecule has 2 bridgehead atoms. The van der Waals surface area contributed by atoms with Gasteiger partial charge in [-0.2, -0.15) is 0 Å². The van der Waals surface area contributed by atoms with E-state index < -0.39 is 217 Å². The molecule has 0 radical (unpaired) electrons. The van der Waals surface area contributed by atoms with Crippen LogP contribution in [0.3, 0.4) is 0 Å². The van der Waals surface area contributed by atoms with Gasteiger partial charge in [0.15, 0.2) is 6.29 Å². The van der Waals surface area contributed by atoms with Gasteiger partial charge in [-0.1, -0.05) is 60.1 Å². The number of aliphatic hydroxyl groups excluding tert-OH is 1. The number of anilines is 1. The van der Waals surface area contributed by atoms with Gasteiger partial charge >= 0.3 is 0 Å². The summed E-state index contributed by atoms with van der Waals surface area (Å²) in [7, 11) is -2.44. The number of nitrogens with two attached hydrogens (primary N) is 1. The predicted molar refractivity (Wildman–Crippen MR) is 337 cm³/mol. The van der Waals surface area contributed by atoms with Crippen LogP contribution in [0.15, 0.2) is 47.5 Å². The third-order valence-electron chi connectivity index (χ3n) is 17.5. The molecule has 2 aromatic carbocycles. The van der Waals surface area contributed by atoms with Crippen LogP contribution in [-0.4, -0.2) is 211 Å². The van der Waals surface area contributed by atoms with Crippen LogP contribution in [0.2, 0.25) is 0 Å². The number of phenolic OH excluding ortho intramolecular Hbond substituents is 1. The summed E-state index contributed by atoms with van der Waals surface area (Å²) in [5.74, 6) is -15.6. The molecule has 0 saturated carbocycles. The van der Waals surface area contributed by atoms with Gasteiger partial charge in [0.1, 0.15) is 59.1 Å². The van der Waals surface area contributed by atoms with E-state index in [0.29, 0.717) is 12.0 Å². The van der Waals surface area contributed by atoms with Crippen molar-refractivity contribution < 1.29 is 91.0 Å². The lowest BCUT2D eigenvalue weighted by atomic mass is 9.93. The van der Waals surface area contributed by atoms with Crippen molar-refractivity contribution in [3.8, 4) is 5.75 Å². The molecule has 96 heavy (non-hydrogen) atoms. The Balaban J connectivity index is 1.07. The molecule has 520 valence electrons. The average molecular weight is 1360 g/mol. The molecule has 5 aliphatic rings. The Labute approximate surface area is 553 Å². The van der Waals surface area contributed by atoms with Crippen LogP contribution < -0.4 is 58.9 Å². The van der Waals surface area contributed by atoms with Gasteiger partial charge in [0, 0.05) is 73.3 Å². The third kappa shape index (κ3) is 17.5. The maximum atomic E-state index is 15.3.